The lowest BCUT2D eigenvalue weighted by atomic mass is 10.1. The highest BCUT2D eigenvalue weighted by Gasteiger charge is 2.11. The number of rotatable bonds is 5. The van der Waals surface area contributed by atoms with Gasteiger partial charge in [0.05, 0.1) is 10.4 Å². The molecule has 5 heteroatoms. The van der Waals surface area contributed by atoms with Crippen molar-refractivity contribution in [3.8, 4) is 5.75 Å². The van der Waals surface area contributed by atoms with Gasteiger partial charge >= 0.3 is 0 Å². The van der Waals surface area contributed by atoms with Gasteiger partial charge in [-0.2, -0.15) is 0 Å². The van der Waals surface area contributed by atoms with Crippen molar-refractivity contribution in [1.29, 1.82) is 0 Å². The second-order valence-electron chi connectivity index (χ2n) is 2.83. The van der Waals surface area contributed by atoms with E-state index in [0.29, 0.717) is 15.8 Å². The molecule has 0 fully saturated rings. The number of ketones is 1. The molecule has 0 aliphatic heterocycles. The Bertz CT molecular complexity index is 357. The Balaban J connectivity index is 2.94. The molecular formula is C10H9BrClFO2. The van der Waals surface area contributed by atoms with Crippen molar-refractivity contribution < 1.29 is 13.9 Å². The molecule has 1 rings (SSSR count). The fourth-order valence-corrected chi connectivity index (χ4v) is 1.78. The Kier molecular flexibility index (Phi) is 5.05. The molecule has 0 spiro atoms. The predicted octanol–water partition coefficient (Wildman–Crippen LogP) is 3.11. The van der Waals surface area contributed by atoms with Gasteiger partial charge in [-0.3, -0.25) is 4.79 Å². The summed E-state index contributed by atoms with van der Waals surface area (Å²) in [5.74, 6) is 0.179. The number of hydrogen-bond acceptors (Lipinski definition) is 2. The van der Waals surface area contributed by atoms with Crippen molar-refractivity contribution in [2.24, 2.45) is 0 Å². The molecule has 0 atom stereocenters. The second-order valence-corrected chi connectivity index (χ2v) is 3.95. The maximum atomic E-state index is 12.1. The van der Waals surface area contributed by atoms with Gasteiger partial charge in [0.15, 0.2) is 5.78 Å². The third-order valence-corrected chi connectivity index (χ3v) is 2.71. The van der Waals surface area contributed by atoms with E-state index >= 15 is 0 Å². The summed E-state index contributed by atoms with van der Waals surface area (Å²) < 4.78 is 17.5. The van der Waals surface area contributed by atoms with Crippen LogP contribution in [0.25, 0.3) is 0 Å². The van der Waals surface area contributed by atoms with Gasteiger partial charge in [-0.1, -0.05) is 12.1 Å². The van der Waals surface area contributed by atoms with Gasteiger partial charge < -0.3 is 4.74 Å². The molecule has 1 aromatic rings. The van der Waals surface area contributed by atoms with Crippen LogP contribution in [0.2, 0.25) is 0 Å². The standard InChI is InChI=1S/C10H9BrClFO2/c11-9-3-1-2-7(4-8(14)5-12)10(9)15-6-13/h1-3H,4-6H2. The minimum Gasteiger partial charge on any atom is -0.461 e. The van der Waals surface area contributed by atoms with Gasteiger partial charge in [0.1, 0.15) is 5.75 Å². The van der Waals surface area contributed by atoms with Crippen molar-refractivity contribution in [2.45, 2.75) is 6.42 Å². The second kappa shape index (κ2) is 6.08. The summed E-state index contributed by atoms with van der Waals surface area (Å²) in [7, 11) is 0. The molecule has 0 saturated carbocycles. The van der Waals surface area contributed by atoms with Crippen molar-refractivity contribution in [3.05, 3.63) is 28.2 Å². The summed E-state index contributed by atoms with van der Waals surface area (Å²) in [5.41, 5.74) is 0.632. The first kappa shape index (κ1) is 12.5. The van der Waals surface area contributed by atoms with Crippen LogP contribution in [-0.4, -0.2) is 18.5 Å². The summed E-state index contributed by atoms with van der Waals surface area (Å²) >= 11 is 8.62. The molecule has 0 N–H and O–H groups in total. The number of ether oxygens (including phenoxy) is 1. The monoisotopic (exact) mass is 294 g/mol. The number of halogens is 3. The molecule has 1 aromatic carbocycles. The topological polar surface area (TPSA) is 26.3 Å². The van der Waals surface area contributed by atoms with Crippen molar-refractivity contribution in [2.75, 3.05) is 12.7 Å². The Morgan fingerprint density at radius 2 is 2.27 bits per heavy atom. The first-order chi connectivity index (χ1) is 7.19. The van der Waals surface area contributed by atoms with Crippen molar-refractivity contribution >= 4 is 33.3 Å². The number of benzene rings is 1. The molecular weight excluding hydrogens is 286 g/mol. The van der Waals surface area contributed by atoms with E-state index in [1.165, 1.54) is 0 Å². The van der Waals surface area contributed by atoms with Gasteiger partial charge in [0, 0.05) is 12.0 Å². The minimum absolute atomic E-state index is 0.0540. The van der Waals surface area contributed by atoms with Crippen LogP contribution in [0.4, 0.5) is 4.39 Å². The molecule has 2 nitrogen and oxygen atoms in total. The van der Waals surface area contributed by atoms with Crippen LogP contribution in [0, 0.1) is 0 Å². The zero-order valence-corrected chi connectivity index (χ0v) is 10.1. The van der Waals surface area contributed by atoms with Crippen LogP contribution in [0.3, 0.4) is 0 Å². The zero-order chi connectivity index (χ0) is 11.3. The summed E-state index contributed by atoms with van der Waals surface area (Å²) in [6.45, 7) is -0.926. The Morgan fingerprint density at radius 3 is 2.87 bits per heavy atom. The first-order valence-corrected chi connectivity index (χ1v) is 5.55. The number of carbonyl (C=O) groups excluding carboxylic acids is 1. The Labute approximate surface area is 101 Å². The lowest BCUT2D eigenvalue weighted by Gasteiger charge is -2.09. The quantitative estimate of drug-likeness (QED) is 0.780. The van der Waals surface area contributed by atoms with Crippen LogP contribution in [0.1, 0.15) is 5.56 Å². The zero-order valence-electron chi connectivity index (χ0n) is 7.80. The molecule has 0 aliphatic carbocycles. The molecule has 0 radical (unpaired) electrons. The molecule has 0 amide bonds. The number of alkyl halides is 2. The highest BCUT2D eigenvalue weighted by molar-refractivity contribution is 9.10. The highest BCUT2D eigenvalue weighted by Crippen LogP contribution is 2.29. The number of para-hydroxylation sites is 1. The van der Waals surface area contributed by atoms with Gasteiger partial charge in [-0.15, -0.1) is 11.6 Å². The number of hydrogen-bond donors (Lipinski definition) is 0. The maximum absolute atomic E-state index is 12.1. The van der Waals surface area contributed by atoms with Crippen LogP contribution in [-0.2, 0) is 11.2 Å². The van der Waals surface area contributed by atoms with Crippen LogP contribution < -0.4 is 4.74 Å². The van der Waals surface area contributed by atoms with Crippen LogP contribution in [0.15, 0.2) is 22.7 Å². The van der Waals surface area contributed by atoms with Gasteiger partial charge in [0.2, 0.25) is 6.86 Å². The minimum atomic E-state index is -0.926. The fraction of sp³-hybridized carbons (Fsp3) is 0.300. The van der Waals surface area contributed by atoms with E-state index in [-0.39, 0.29) is 18.1 Å². The lowest BCUT2D eigenvalue weighted by molar-refractivity contribution is -0.116. The van der Waals surface area contributed by atoms with E-state index in [1.807, 2.05) is 0 Å². The number of carbonyl (C=O) groups is 1. The third-order valence-electron chi connectivity index (χ3n) is 1.78. The molecule has 0 heterocycles. The summed E-state index contributed by atoms with van der Waals surface area (Å²) in [5, 5.41) is 0. The lowest BCUT2D eigenvalue weighted by Crippen LogP contribution is -2.06. The normalized spacial score (nSPS) is 10.1. The van der Waals surface area contributed by atoms with Crippen molar-refractivity contribution in [1.82, 2.24) is 0 Å². The average Bonchev–Trinajstić information content (AvgIpc) is 2.23. The molecule has 0 aliphatic rings. The Morgan fingerprint density at radius 1 is 1.53 bits per heavy atom. The van der Waals surface area contributed by atoms with Crippen molar-refractivity contribution in [3.63, 3.8) is 0 Å². The van der Waals surface area contributed by atoms with Crippen LogP contribution >= 0.6 is 27.5 Å². The predicted molar refractivity (Wildman–Crippen MR) is 60.2 cm³/mol. The van der Waals surface area contributed by atoms with E-state index in [0.717, 1.165) is 0 Å². The number of Topliss-reactive ketones (excluding diaryl/α,β-unsaturated/α-hetero) is 1. The van der Waals surface area contributed by atoms with E-state index in [2.05, 4.69) is 15.9 Å². The molecule has 0 saturated heterocycles. The van der Waals surface area contributed by atoms with Crippen LogP contribution in [0.5, 0.6) is 5.75 Å². The third kappa shape index (κ3) is 3.47. The highest BCUT2D eigenvalue weighted by atomic mass is 79.9. The summed E-state index contributed by atoms with van der Waals surface area (Å²) in [6, 6.07) is 5.19. The van der Waals surface area contributed by atoms with Gasteiger partial charge in [0.25, 0.3) is 0 Å². The Hall–Kier alpha value is -0.610. The van der Waals surface area contributed by atoms with E-state index < -0.39 is 6.86 Å². The van der Waals surface area contributed by atoms with E-state index in [4.69, 9.17) is 16.3 Å². The molecule has 0 aromatic heterocycles. The van der Waals surface area contributed by atoms with E-state index in [9.17, 15) is 9.18 Å². The van der Waals surface area contributed by atoms with E-state index in [1.54, 1.807) is 18.2 Å². The fourth-order valence-electron chi connectivity index (χ4n) is 1.17. The molecule has 0 bridgehead atoms. The maximum Gasteiger partial charge on any atom is 0.228 e. The van der Waals surface area contributed by atoms with Gasteiger partial charge in [-0.05, 0) is 22.0 Å². The largest absolute Gasteiger partial charge is 0.461 e. The summed E-state index contributed by atoms with van der Waals surface area (Å²) in [6.07, 6.45) is 0.151. The molecule has 82 valence electrons. The smallest absolute Gasteiger partial charge is 0.228 e. The summed E-state index contributed by atoms with van der Waals surface area (Å²) in [4.78, 5) is 11.2. The first-order valence-electron chi connectivity index (χ1n) is 4.23. The molecule has 0 unspecified atom stereocenters. The average molecular weight is 296 g/mol. The SMILES string of the molecule is O=C(CCl)Cc1cccc(Br)c1OCF. The molecule has 15 heavy (non-hydrogen) atoms. The van der Waals surface area contributed by atoms with Gasteiger partial charge in [-0.25, -0.2) is 4.39 Å².